The Kier molecular flexibility index (Phi) is 2.41. The molecular weight excluding hydrogens is 208 g/mol. The highest BCUT2D eigenvalue weighted by Crippen LogP contribution is 2.23. The molecule has 84 valence electrons. The average Bonchev–Trinajstić information content (AvgIpc) is 2.86. The van der Waals surface area contributed by atoms with Crippen LogP contribution in [0.25, 0.3) is 16.5 Å². The van der Waals surface area contributed by atoms with Crippen molar-refractivity contribution in [3.8, 4) is 5.69 Å². The molecule has 0 spiro atoms. The van der Waals surface area contributed by atoms with Crippen molar-refractivity contribution in [2.45, 2.75) is 13.3 Å². The quantitative estimate of drug-likeness (QED) is 0.648. The molecule has 1 aromatic heterocycles. The zero-order valence-electron chi connectivity index (χ0n) is 9.80. The Morgan fingerprint density at radius 1 is 1.06 bits per heavy atom. The third-order valence-electron chi connectivity index (χ3n) is 3.06. The van der Waals surface area contributed by atoms with E-state index in [0.29, 0.717) is 0 Å². The van der Waals surface area contributed by atoms with Gasteiger partial charge >= 0.3 is 0 Å². The molecule has 0 N–H and O–H groups in total. The van der Waals surface area contributed by atoms with Crippen LogP contribution in [0.15, 0.2) is 54.9 Å². The zero-order chi connectivity index (χ0) is 11.7. The summed E-state index contributed by atoms with van der Waals surface area (Å²) in [4.78, 5) is 4.38. The molecule has 0 fully saturated rings. The largest absolute Gasteiger partial charge is 0.303 e. The van der Waals surface area contributed by atoms with E-state index >= 15 is 0 Å². The first kappa shape index (κ1) is 10.1. The molecule has 0 saturated heterocycles. The second-order valence-corrected chi connectivity index (χ2v) is 4.07. The molecule has 2 heteroatoms. The van der Waals surface area contributed by atoms with E-state index in [9.17, 15) is 0 Å². The summed E-state index contributed by atoms with van der Waals surface area (Å²) in [6.07, 6.45) is 4.83. The number of rotatable bonds is 2. The van der Waals surface area contributed by atoms with Gasteiger partial charge in [0.1, 0.15) is 5.82 Å². The molecule has 1 heterocycles. The first-order chi connectivity index (χ1) is 8.40. The molecule has 3 rings (SSSR count). The normalized spacial score (nSPS) is 10.9. The molecule has 0 amide bonds. The third-order valence-corrected chi connectivity index (χ3v) is 3.06. The van der Waals surface area contributed by atoms with Crippen LogP contribution in [-0.4, -0.2) is 9.55 Å². The Labute approximate surface area is 101 Å². The number of benzene rings is 2. The maximum atomic E-state index is 4.38. The van der Waals surface area contributed by atoms with Gasteiger partial charge in [0.25, 0.3) is 0 Å². The number of aromatic nitrogens is 2. The average molecular weight is 222 g/mol. The summed E-state index contributed by atoms with van der Waals surface area (Å²) in [6, 6.07) is 14.8. The molecule has 0 radical (unpaired) electrons. The lowest BCUT2D eigenvalue weighted by Gasteiger charge is -2.09. The van der Waals surface area contributed by atoms with Crippen molar-refractivity contribution in [1.29, 1.82) is 0 Å². The summed E-state index contributed by atoms with van der Waals surface area (Å²) in [5, 5.41) is 2.53. The predicted molar refractivity (Wildman–Crippen MR) is 70.4 cm³/mol. The van der Waals surface area contributed by atoms with Gasteiger partial charge in [0.2, 0.25) is 0 Å². The molecule has 0 saturated carbocycles. The lowest BCUT2D eigenvalue weighted by molar-refractivity contribution is 0.896. The number of hydrogen-bond donors (Lipinski definition) is 0. The van der Waals surface area contributed by atoms with Gasteiger partial charge in [0.15, 0.2) is 0 Å². The lowest BCUT2D eigenvalue weighted by atomic mass is 10.1. The summed E-state index contributed by atoms with van der Waals surface area (Å²) >= 11 is 0. The highest BCUT2D eigenvalue weighted by atomic mass is 15.1. The minimum absolute atomic E-state index is 0.941. The van der Waals surface area contributed by atoms with Crippen molar-refractivity contribution in [2.24, 2.45) is 0 Å². The van der Waals surface area contributed by atoms with Crippen molar-refractivity contribution in [1.82, 2.24) is 9.55 Å². The van der Waals surface area contributed by atoms with E-state index in [4.69, 9.17) is 0 Å². The van der Waals surface area contributed by atoms with Crippen molar-refractivity contribution in [3.63, 3.8) is 0 Å². The van der Waals surface area contributed by atoms with E-state index < -0.39 is 0 Å². The molecule has 0 aliphatic rings. The SMILES string of the molecule is CCc1nccn1-c1cccc2ccccc12. The minimum Gasteiger partial charge on any atom is -0.303 e. The Balaban J connectivity index is 2.31. The first-order valence-electron chi connectivity index (χ1n) is 5.90. The second-order valence-electron chi connectivity index (χ2n) is 4.07. The predicted octanol–water partition coefficient (Wildman–Crippen LogP) is 3.59. The number of hydrogen-bond acceptors (Lipinski definition) is 1. The number of aryl methyl sites for hydroxylation is 1. The molecule has 17 heavy (non-hydrogen) atoms. The van der Waals surface area contributed by atoms with Crippen LogP contribution in [0.4, 0.5) is 0 Å². The third kappa shape index (κ3) is 1.62. The molecular formula is C15H14N2. The van der Waals surface area contributed by atoms with Crippen molar-refractivity contribution >= 4 is 10.8 Å². The fourth-order valence-corrected chi connectivity index (χ4v) is 2.23. The van der Waals surface area contributed by atoms with E-state index in [-0.39, 0.29) is 0 Å². The summed E-state index contributed by atoms with van der Waals surface area (Å²) in [5.41, 5.74) is 1.21. The van der Waals surface area contributed by atoms with Gasteiger partial charge in [-0.15, -0.1) is 0 Å². The number of nitrogens with zero attached hydrogens (tertiary/aromatic N) is 2. The van der Waals surface area contributed by atoms with E-state index in [1.807, 2.05) is 12.4 Å². The monoisotopic (exact) mass is 222 g/mol. The van der Waals surface area contributed by atoms with E-state index in [0.717, 1.165) is 12.2 Å². The Hall–Kier alpha value is -2.09. The number of imidazole rings is 1. The molecule has 0 atom stereocenters. The maximum absolute atomic E-state index is 4.38. The van der Waals surface area contributed by atoms with E-state index in [1.165, 1.54) is 16.5 Å². The molecule has 0 aliphatic carbocycles. The van der Waals surface area contributed by atoms with Gasteiger partial charge < -0.3 is 4.57 Å². The highest BCUT2D eigenvalue weighted by molar-refractivity contribution is 5.90. The van der Waals surface area contributed by atoms with Gasteiger partial charge in [0.05, 0.1) is 5.69 Å². The van der Waals surface area contributed by atoms with Crippen molar-refractivity contribution in [3.05, 3.63) is 60.7 Å². The molecule has 0 aliphatic heterocycles. The topological polar surface area (TPSA) is 17.8 Å². The van der Waals surface area contributed by atoms with Gasteiger partial charge in [-0.3, -0.25) is 0 Å². The molecule has 0 bridgehead atoms. The maximum Gasteiger partial charge on any atom is 0.112 e. The highest BCUT2D eigenvalue weighted by Gasteiger charge is 2.05. The van der Waals surface area contributed by atoms with E-state index in [2.05, 4.69) is 58.9 Å². The standard InChI is InChI=1S/C15H14N2/c1-2-15-16-10-11-17(15)14-9-5-7-12-6-3-4-8-13(12)14/h3-11H,2H2,1H3. The molecule has 3 aromatic rings. The van der Waals surface area contributed by atoms with Crippen LogP contribution in [0.1, 0.15) is 12.7 Å². The zero-order valence-corrected chi connectivity index (χ0v) is 9.80. The van der Waals surface area contributed by atoms with Gasteiger partial charge in [-0.1, -0.05) is 43.3 Å². The van der Waals surface area contributed by atoms with Crippen molar-refractivity contribution in [2.75, 3.05) is 0 Å². The molecule has 2 aromatic carbocycles. The van der Waals surface area contributed by atoms with Crippen LogP contribution in [0, 0.1) is 0 Å². The summed E-state index contributed by atoms with van der Waals surface area (Å²) in [6.45, 7) is 2.13. The van der Waals surface area contributed by atoms with Gasteiger partial charge in [-0.05, 0) is 11.5 Å². The Morgan fingerprint density at radius 2 is 1.88 bits per heavy atom. The van der Waals surface area contributed by atoms with Crippen molar-refractivity contribution < 1.29 is 0 Å². The summed E-state index contributed by atoms with van der Waals surface area (Å²) < 4.78 is 2.17. The van der Waals surface area contributed by atoms with Crippen LogP contribution < -0.4 is 0 Å². The van der Waals surface area contributed by atoms with Crippen LogP contribution in [0.2, 0.25) is 0 Å². The summed E-state index contributed by atoms with van der Waals surface area (Å²) in [7, 11) is 0. The summed E-state index contributed by atoms with van der Waals surface area (Å²) in [5.74, 6) is 1.10. The van der Waals surface area contributed by atoms with Gasteiger partial charge in [-0.2, -0.15) is 0 Å². The van der Waals surface area contributed by atoms with Gasteiger partial charge in [0, 0.05) is 24.2 Å². The fraction of sp³-hybridized carbons (Fsp3) is 0.133. The second kappa shape index (κ2) is 4.06. The van der Waals surface area contributed by atoms with Crippen LogP contribution in [0.5, 0.6) is 0 Å². The molecule has 2 nitrogen and oxygen atoms in total. The Bertz CT molecular complexity index is 647. The van der Waals surface area contributed by atoms with E-state index in [1.54, 1.807) is 0 Å². The minimum atomic E-state index is 0.941. The fourth-order valence-electron chi connectivity index (χ4n) is 2.23. The number of fused-ring (bicyclic) bond motifs is 1. The first-order valence-corrected chi connectivity index (χ1v) is 5.90. The molecule has 0 unspecified atom stereocenters. The smallest absolute Gasteiger partial charge is 0.112 e. The lowest BCUT2D eigenvalue weighted by Crippen LogP contribution is -1.99. The van der Waals surface area contributed by atoms with Crippen LogP contribution in [-0.2, 0) is 6.42 Å². The van der Waals surface area contributed by atoms with Crippen LogP contribution >= 0.6 is 0 Å². The van der Waals surface area contributed by atoms with Gasteiger partial charge in [-0.25, -0.2) is 4.98 Å². The van der Waals surface area contributed by atoms with Crippen LogP contribution in [0.3, 0.4) is 0 Å². The Morgan fingerprint density at radius 3 is 2.76 bits per heavy atom.